The highest BCUT2D eigenvalue weighted by molar-refractivity contribution is 6.13. The van der Waals surface area contributed by atoms with E-state index in [-0.39, 0.29) is 11.8 Å². The number of aryl methyl sites for hydroxylation is 1. The SMILES string of the molecule is COCCN1Cc2cccc(C(=O)Nc3nc4ccccc4n3C)c2C1=O. The third-order valence-electron chi connectivity index (χ3n) is 4.84. The molecule has 138 valence electrons. The fourth-order valence-electron chi connectivity index (χ4n) is 3.42. The number of methoxy groups -OCH3 is 1. The molecule has 1 aliphatic rings. The number of carbonyl (C=O) groups excluding carboxylic acids is 2. The number of anilines is 1. The average Bonchev–Trinajstić information content (AvgIpc) is 3.17. The fourth-order valence-corrected chi connectivity index (χ4v) is 3.42. The van der Waals surface area contributed by atoms with Crippen molar-refractivity contribution >= 4 is 28.8 Å². The second-order valence-corrected chi connectivity index (χ2v) is 6.50. The normalized spacial score (nSPS) is 13.3. The number of hydrogen-bond donors (Lipinski definition) is 1. The number of ether oxygens (including phenoxy) is 1. The number of imidazole rings is 1. The molecular formula is C20H20N4O3. The van der Waals surface area contributed by atoms with E-state index in [0.29, 0.717) is 36.8 Å². The first-order chi connectivity index (χ1) is 13.1. The summed E-state index contributed by atoms with van der Waals surface area (Å²) in [6.07, 6.45) is 0. The molecule has 4 rings (SSSR count). The zero-order valence-electron chi connectivity index (χ0n) is 15.2. The van der Waals surface area contributed by atoms with Crippen molar-refractivity contribution in [2.24, 2.45) is 7.05 Å². The Morgan fingerprint density at radius 3 is 2.81 bits per heavy atom. The van der Waals surface area contributed by atoms with Gasteiger partial charge in [0.05, 0.1) is 28.8 Å². The number of nitrogens with zero attached hydrogens (tertiary/aromatic N) is 3. The number of benzene rings is 2. The summed E-state index contributed by atoms with van der Waals surface area (Å²) < 4.78 is 6.89. The second-order valence-electron chi connectivity index (χ2n) is 6.50. The molecule has 0 unspecified atom stereocenters. The minimum atomic E-state index is -0.341. The Morgan fingerprint density at radius 2 is 2.04 bits per heavy atom. The van der Waals surface area contributed by atoms with Crippen molar-refractivity contribution in [3.63, 3.8) is 0 Å². The van der Waals surface area contributed by atoms with Gasteiger partial charge in [0.25, 0.3) is 11.8 Å². The number of nitrogens with one attached hydrogen (secondary N) is 1. The van der Waals surface area contributed by atoms with Crippen molar-refractivity contribution in [3.05, 3.63) is 59.2 Å². The summed E-state index contributed by atoms with van der Waals surface area (Å²) in [5.41, 5.74) is 3.41. The summed E-state index contributed by atoms with van der Waals surface area (Å²) >= 11 is 0. The third kappa shape index (κ3) is 2.96. The predicted molar refractivity (Wildman–Crippen MR) is 102 cm³/mol. The van der Waals surface area contributed by atoms with Crippen molar-refractivity contribution in [1.82, 2.24) is 14.5 Å². The summed E-state index contributed by atoms with van der Waals surface area (Å²) in [6.45, 7) is 1.45. The van der Waals surface area contributed by atoms with Gasteiger partial charge < -0.3 is 14.2 Å². The highest BCUT2D eigenvalue weighted by Gasteiger charge is 2.31. The zero-order chi connectivity index (χ0) is 19.0. The first-order valence-electron chi connectivity index (χ1n) is 8.73. The van der Waals surface area contributed by atoms with E-state index in [2.05, 4.69) is 10.3 Å². The monoisotopic (exact) mass is 364 g/mol. The van der Waals surface area contributed by atoms with E-state index < -0.39 is 0 Å². The van der Waals surface area contributed by atoms with Gasteiger partial charge in [-0.2, -0.15) is 0 Å². The fraction of sp³-hybridized carbons (Fsp3) is 0.250. The molecule has 1 N–H and O–H groups in total. The van der Waals surface area contributed by atoms with Gasteiger partial charge in [0.1, 0.15) is 0 Å². The summed E-state index contributed by atoms with van der Waals surface area (Å²) in [7, 11) is 3.45. The molecule has 0 atom stereocenters. The van der Waals surface area contributed by atoms with Crippen molar-refractivity contribution in [1.29, 1.82) is 0 Å². The Bertz CT molecular complexity index is 1040. The van der Waals surface area contributed by atoms with E-state index in [4.69, 9.17) is 4.74 Å². The molecule has 2 aromatic carbocycles. The lowest BCUT2D eigenvalue weighted by Crippen LogP contribution is -2.28. The molecule has 2 amide bonds. The van der Waals surface area contributed by atoms with Crippen LogP contribution in [0.2, 0.25) is 0 Å². The lowest BCUT2D eigenvalue weighted by atomic mass is 10.0. The maximum atomic E-state index is 12.9. The zero-order valence-corrected chi connectivity index (χ0v) is 15.2. The van der Waals surface area contributed by atoms with E-state index in [1.54, 1.807) is 24.1 Å². The average molecular weight is 364 g/mol. The molecule has 1 aliphatic heterocycles. The number of hydrogen-bond acceptors (Lipinski definition) is 4. The minimum absolute atomic E-state index is 0.141. The quantitative estimate of drug-likeness (QED) is 0.754. The lowest BCUT2D eigenvalue weighted by Gasteiger charge is -2.14. The van der Waals surface area contributed by atoms with Crippen LogP contribution in [-0.2, 0) is 18.3 Å². The molecule has 0 fully saturated rings. The molecule has 27 heavy (non-hydrogen) atoms. The van der Waals surface area contributed by atoms with Gasteiger partial charge in [0.15, 0.2) is 0 Å². The topological polar surface area (TPSA) is 76.5 Å². The van der Waals surface area contributed by atoms with Gasteiger partial charge in [-0.05, 0) is 23.8 Å². The van der Waals surface area contributed by atoms with Crippen LogP contribution in [0.5, 0.6) is 0 Å². The van der Waals surface area contributed by atoms with Gasteiger partial charge in [-0.25, -0.2) is 4.98 Å². The highest BCUT2D eigenvalue weighted by atomic mass is 16.5. The number of para-hydroxylation sites is 2. The van der Waals surface area contributed by atoms with E-state index in [0.717, 1.165) is 16.6 Å². The van der Waals surface area contributed by atoms with Crippen LogP contribution in [0, 0.1) is 0 Å². The van der Waals surface area contributed by atoms with Crippen molar-refractivity contribution < 1.29 is 14.3 Å². The summed E-state index contributed by atoms with van der Waals surface area (Å²) in [6, 6.07) is 13.0. The smallest absolute Gasteiger partial charge is 0.258 e. The van der Waals surface area contributed by atoms with Crippen molar-refractivity contribution in [2.45, 2.75) is 6.54 Å². The second kappa shape index (κ2) is 6.85. The van der Waals surface area contributed by atoms with Gasteiger partial charge >= 0.3 is 0 Å². The largest absolute Gasteiger partial charge is 0.383 e. The molecule has 0 spiro atoms. The summed E-state index contributed by atoms with van der Waals surface area (Å²) in [5, 5.41) is 2.84. The standard InChI is InChI=1S/C20H20N4O3/c1-23-16-9-4-3-8-15(16)21-20(23)22-18(25)14-7-5-6-13-12-24(10-11-27-2)19(26)17(13)14/h3-9H,10-12H2,1-2H3,(H,21,22,25). The van der Waals surface area contributed by atoms with Crippen LogP contribution in [0.3, 0.4) is 0 Å². The van der Waals surface area contributed by atoms with Crippen LogP contribution in [0.1, 0.15) is 26.3 Å². The van der Waals surface area contributed by atoms with Gasteiger partial charge in [-0.3, -0.25) is 14.9 Å². The number of aromatic nitrogens is 2. The summed E-state index contributed by atoms with van der Waals surface area (Å²) in [5.74, 6) is -0.0366. The molecule has 2 heterocycles. The molecule has 0 saturated carbocycles. The molecule has 0 radical (unpaired) electrons. The minimum Gasteiger partial charge on any atom is -0.383 e. The molecule has 7 nitrogen and oxygen atoms in total. The molecule has 0 bridgehead atoms. The maximum absolute atomic E-state index is 12.9. The predicted octanol–water partition coefficient (Wildman–Crippen LogP) is 2.43. The Morgan fingerprint density at radius 1 is 1.22 bits per heavy atom. The number of carbonyl (C=O) groups is 2. The van der Waals surface area contributed by atoms with E-state index in [9.17, 15) is 9.59 Å². The first-order valence-corrected chi connectivity index (χ1v) is 8.73. The van der Waals surface area contributed by atoms with Crippen molar-refractivity contribution in [3.8, 4) is 0 Å². The number of amides is 2. The van der Waals surface area contributed by atoms with Gasteiger partial charge in [0, 0.05) is 27.2 Å². The molecule has 3 aromatic rings. The van der Waals surface area contributed by atoms with E-state index in [1.807, 2.05) is 41.9 Å². The van der Waals surface area contributed by atoms with E-state index >= 15 is 0 Å². The highest BCUT2D eigenvalue weighted by Crippen LogP contribution is 2.27. The molecule has 1 aromatic heterocycles. The molecule has 7 heteroatoms. The molecule has 0 aliphatic carbocycles. The Balaban J connectivity index is 1.63. The van der Waals surface area contributed by atoms with Crippen LogP contribution < -0.4 is 5.32 Å². The van der Waals surface area contributed by atoms with Crippen LogP contribution in [0.4, 0.5) is 5.95 Å². The number of fused-ring (bicyclic) bond motifs is 2. The lowest BCUT2D eigenvalue weighted by molar-refractivity contribution is 0.0716. The van der Waals surface area contributed by atoms with Gasteiger partial charge in [0.2, 0.25) is 5.95 Å². The Kier molecular flexibility index (Phi) is 4.37. The van der Waals surface area contributed by atoms with Gasteiger partial charge in [-0.15, -0.1) is 0 Å². The maximum Gasteiger partial charge on any atom is 0.258 e. The first kappa shape index (κ1) is 17.2. The summed E-state index contributed by atoms with van der Waals surface area (Å²) in [4.78, 5) is 31.8. The Hall–Kier alpha value is -3.19. The van der Waals surface area contributed by atoms with Crippen LogP contribution >= 0.6 is 0 Å². The number of rotatable bonds is 5. The Labute approximate surface area is 156 Å². The van der Waals surface area contributed by atoms with Gasteiger partial charge in [-0.1, -0.05) is 24.3 Å². The third-order valence-corrected chi connectivity index (χ3v) is 4.84. The molecule has 0 saturated heterocycles. The van der Waals surface area contributed by atoms with Crippen LogP contribution in [0.15, 0.2) is 42.5 Å². The molecular weight excluding hydrogens is 344 g/mol. The van der Waals surface area contributed by atoms with Crippen LogP contribution in [0.25, 0.3) is 11.0 Å². The van der Waals surface area contributed by atoms with Crippen molar-refractivity contribution in [2.75, 3.05) is 25.6 Å². The van der Waals surface area contributed by atoms with E-state index in [1.165, 1.54) is 0 Å². The van der Waals surface area contributed by atoms with Crippen LogP contribution in [-0.4, -0.2) is 46.5 Å².